The maximum absolute atomic E-state index is 5.48. The molecule has 1 N–H and O–H groups in total. The van der Waals surface area contributed by atoms with Crippen molar-refractivity contribution in [3.05, 3.63) is 53.7 Å². The van der Waals surface area contributed by atoms with E-state index in [1.54, 1.807) is 0 Å². The predicted octanol–water partition coefficient (Wildman–Crippen LogP) is 2.97. The Morgan fingerprint density at radius 2 is 1.89 bits per heavy atom. The quantitative estimate of drug-likeness (QED) is 0.583. The zero-order chi connectivity index (χ0) is 18.2. The van der Waals surface area contributed by atoms with E-state index in [2.05, 4.69) is 32.5 Å². The van der Waals surface area contributed by atoms with Gasteiger partial charge in [0.2, 0.25) is 6.79 Å². The number of ether oxygens (including phenoxy) is 2. The first kappa shape index (κ1) is 15.8. The molecule has 0 radical (unpaired) electrons. The second-order valence-corrected chi connectivity index (χ2v) is 6.60. The van der Waals surface area contributed by atoms with Crippen LogP contribution < -0.4 is 9.47 Å². The summed E-state index contributed by atoms with van der Waals surface area (Å²) in [5, 5.41) is 15.1. The normalized spacial score (nSPS) is 13.0. The van der Waals surface area contributed by atoms with Crippen LogP contribution in [0.5, 0.6) is 11.5 Å². The van der Waals surface area contributed by atoms with E-state index in [0.717, 1.165) is 58.0 Å². The van der Waals surface area contributed by atoms with Crippen LogP contribution >= 0.6 is 0 Å². The molecule has 5 rings (SSSR count). The lowest BCUT2D eigenvalue weighted by Crippen LogP contribution is -2.17. The molecule has 1 aliphatic heterocycles. The molecule has 0 bridgehead atoms. The minimum Gasteiger partial charge on any atom is -0.454 e. The maximum atomic E-state index is 5.48. The molecule has 4 aromatic rings. The first-order chi connectivity index (χ1) is 13.3. The van der Waals surface area contributed by atoms with Gasteiger partial charge in [-0.3, -0.25) is 10.00 Å². The molecule has 0 saturated carbocycles. The molecule has 27 heavy (non-hydrogen) atoms. The second-order valence-electron chi connectivity index (χ2n) is 6.60. The van der Waals surface area contributed by atoms with Gasteiger partial charge in [-0.15, -0.1) is 0 Å². The summed E-state index contributed by atoms with van der Waals surface area (Å²) >= 11 is 0. The van der Waals surface area contributed by atoms with Crippen molar-refractivity contribution in [3.8, 4) is 22.8 Å². The molecule has 8 heteroatoms. The van der Waals surface area contributed by atoms with Crippen molar-refractivity contribution >= 4 is 11.0 Å². The van der Waals surface area contributed by atoms with E-state index in [4.69, 9.17) is 14.1 Å². The molecule has 0 spiro atoms. The van der Waals surface area contributed by atoms with Crippen molar-refractivity contribution in [2.24, 2.45) is 0 Å². The number of aromatic nitrogens is 4. The van der Waals surface area contributed by atoms with Crippen molar-refractivity contribution in [1.29, 1.82) is 0 Å². The molecule has 0 saturated heterocycles. The fraction of sp³-hybridized carbons (Fsp3) is 0.211. The Hall–Kier alpha value is -3.39. The first-order valence-corrected chi connectivity index (χ1v) is 8.58. The van der Waals surface area contributed by atoms with Crippen molar-refractivity contribution in [1.82, 2.24) is 25.4 Å². The summed E-state index contributed by atoms with van der Waals surface area (Å²) in [6.07, 6.45) is 1.86. The number of hydrogen-bond donors (Lipinski definition) is 1. The Bertz CT molecular complexity index is 1100. The van der Waals surface area contributed by atoms with E-state index in [9.17, 15) is 0 Å². The zero-order valence-electron chi connectivity index (χ0n) is 14.7. The molecule has 2 aromatic heterocycles. The Morgan fingerprint density at radius 1 is 1.00 bits per heavy atom. The molecular weight excluding hydrogens is 346 g/mol. The number of rotatable bonds is 5. The third-order valence-corrected chi connectivity index (χ3v) is 4.59. The van der Waals surface area contributed by atoms with E-state index in [1.165, 1.54) is 0 Å². The minimum absolute atomic E-state index is 0.267. The SMILES string of the molecule is CN(Cc1ccc2nonc2c1)Cc1cn[nH]c1-c1ccc2c(c1)OCO2. The summed E-state index contributed by atoms with van der Waals surface area (Å²) in [6, 6.07) is 11.9. The van der Waals surface area contributed by atoms with Crippen LogP contribution in [-0.2, 0) is 13.1 Å². The number of nitrogens with zero attached hydrogens (tertiary/aromatic N) is 4. The molecule has 0 fully saturated rings. The molecule has 0 atom stereocenters. The molecule has 136 valence electrons. The van der Waals surface area contributed by atoms with E-state index in [-0.39, 0.29) is 6.79 Å². The Labute approximate surface area is 154 Å². The van der Waals surface area contributed by atoms with Crippen LogP contribution in [0.25, 0.3) is 22.3 Å². The van der Waals surface area contributed by atoms with Gasteiger partial charge >= 0.3 is 0 Å². The van der Waals surface area contributed by atoms with Gasteiger partial charge in [0.1, 0.15) is 11.0 Å². The molecule has 2 aromatic carbocycles. The molecule has 3 heterocycles. The largest absolute Gasteiger partial charge is 0.454 e. The number of benzene rings is 2. The van der Waals surface area contributed by atoms with Crippen LogP contribution in [0.15, 0.2) is 47.2 Å². The molecule has 8 nitrogen and oxygen atoms in total. The number of fused-ring (bicyclic) bond motifs is 2. The van der Waals surface area contributed by atoms with Gasteiger partial charge in [0.25, 0.3) is 0 Å². The monoisotopic (exact) mass is 363 g/mol. The van der Waals surface area contributed by atoms with E-state index in [0.29, 0.717) is 0 Å². The highest BCUT2D eigenvalue weighted by molar-refractivity contribution is 5.73. The van der Waals surface area contributed by atoms with Gasteiger partial charge in [-0.05, 0) is 53.3 Å². The van der Waals surface area contributed by atoms with Crippen LogP contribution in [0.2, 0.25) is 0 Å². The Kier molecular flexibility index (Phi) is 3.75. The number of H-pyrrole nitrogens is 1. The highest BCUT2D eigenvalue weighted by Gasteiger charge is 2.17. The first-order valence-electron chi connectivity index (χ1n) is 8.58. The van der Waals surface area contributed by atoms with Gasteiger partial charge < -0.3 is 9.47 Å². The minimum atomic E-state index is 0.267. The number of nitrogens with one attached hydrogen (secondary N) is 1. The van der Waals surface area contributed by atoms with E-state index >= 15 is 0 Å². The predicted molar refractivity (Wildman–Crippen MR) is 97.1 cm³/mol. The van der Waals surface area contributed by atoms with E-state index in [1.807, 2.05) is 42.6 Å². The summed E-state index contributed by atoms with van der Waals surface area (Å²) in [4.78, 5) is 2.22. The fourth-order valence-electron chi connectivity index (χ4n) is 3.32. The summed E-state index contributed by atoms with van der Waals surface area (Å²) in [6.45, 7) is 1.78. The Morgan fingerprint density at radius 3 is 2.85 bits per heavy atom. The van der Waals surface area contributed by atoms with Gasteiger partial charge in [-0.25, -0.2) is 4.63 Å². The highest BCUT2D eigenvalue weighted by atomic mass is 16.7. The summed E-state index contributed by atoms with van der Waals surface area (Å²) in [5.41, 5.74) is 5.80. The van der Waals surface area contributed by atoms with Crippen LogP contribution in [0.1, 0.15) is 11.1 Å². The smallest absolute Gasteiger partial charge is 0.231 e. The van der Waals surface area contributed by atoms with Crippen LogP contribution in [-0.4, -0.2) is 39.3 Å². The number of hydrogen-bond acceptors (Lipinski definition) is 7. The molecular formula is C19H17N5O3. The van der Waals surface area contributed by atoms with Gasteiger partial charge in [-0.1, -0.05) is 6.07 Å². The lowest BCUT2D eigenvalue weighted by Gasteiger charge is -2.17. The molecule has 0 unspecified atom stereocenters. The summed E-state index contributed by atoms with van der Waals surface area (Å²) in [5.74, 6) is 1.53. The van der Waals surface area contributed by atoms with Crippen LogP contribution in [0.3, 0.4) is 0 Å². The number of aromatic amines is 1. The molecule has 0 aliphatic carbocycles. The van der Waals surface area contributed by atoms with Crippen molar-refractivity contribution in [3.63, 3.8) is 0 Å². The zero-order valence-corrected chi connectivity index (χ0v) is 14.7. The third-order valence-electron chi connectivity index (χ3n) is 4.59. The van der Waals surface area contributed by atoms with Gasteiger partial charge in [0.05, 0.1) is 11.9 Å². The standard InChI is InChI=1S/C19H17N5O3/c1-24(9-12-2-4-15-16(6-12)23-27-22-15)10-14-8-20-21-19(14)13-3-5-17-18(7-13)26-11-25-17/h2-8H,9-11H2,1H3,(H,20,21). The van der Waals surface area contributed by atoms with Gasteiger partial charge in [0, 0.05) is 24.2 Å². The molecule has 1 aliphatic rings. The Balaban J connectivity index is 1.34. The van der Waals surface area contributed by atoms with Crippen molar-refractivity contribution in [2.45, 2.75) is 13.1 Å². The summed E-state index contributed by atoms with van der Waals surface area (Å²) < 4.78 is 15.6. The van der Waals surface area contributed by atoms with Gasteiger partial charge in [0.15, 0.2) is 11.5 Å². The average Bonchev–Trinajstić information content (AvgIpc) is 3.40. The average molecular weight is 363 g/mol. The summed E-state index contributed by atoms with van der Waals surface area (Å²) in [7, 11) is 2.07. The topological polar surface area (TPSA) is 89.3 Å². The maximum Gasteiger partial charge on any atom is 0.231 e. The fourth-order valence-corrected chi connectivity index (χ4v) is 3.32. The van der Waals surface area contributed by atoms with E-state index < -0.39 is 0 Å². The lowest BCUT2D eigenvalue weighted by atomic mass is 10.1. The lowest BCUT2D eigenvalue weighted by molar-refractivity contribution is 0.174. The van der Waals surface area contributed by atoms with Crippen molar-refractivity contribution < 1.29 is 14.1 Å². The van der Waals surface area contributed by atoms with Crippen molar-refractivity contribution in [2.75, 3.05) is 13.8 Å². The van der Waals surface area contributed by atoms with Crippen LogP contribution in [0.4, 0.5) is 0 Å². The third kappa shape index (κ3) is 3.00. The highest BCUT2D eigenvalue weighted by Crippen LogP contribution is 2.36. The molecule has 0 amide bonds. The van der Waals surface area contributed by atoms with Crippen LogP contribution in [0, 0.1) is 0 Å². The second kappa shape index (κ2) is 6.40. The van der Waals surface area contributed by atoms with Gasteiger partial charge in [-0.2, -0.15) is 5.10 Å².